The fourth-order valence-corrected chi connectivity index (χ4v) is 5.42. The van der Waals surface area contributed by atoms with E-state index in [9.17, 15) is 8.78 Å². The molecule has 1 aliphatic carbocycles. The molecule has 1 saturated heterocycles. The Morgan fingerprint density at radius 2 is 1.71 bits per heavy atom. The summed E-state index contributed by atoms with van der Waals surface area (Å²) < 4.78 is 25.9. The lowest BCUT2D eigenvalue weighted by Gasteiger charge is -2.32. The van der Waals surface area contributed by atoms with Gasteiger partial charge in [-0.1, -0.05) is 36.4 Å². The lowest BCUT2D eigenvalue weighted by atomic mass is 9.96. The van der Waals surface area contributed by atoms with E-state index in [4.69, 9.17) is 10.2 Å². The van der Waals surface area contributed by atoms with Gasteiger partial charge in [-0.05, 0) is 49.1 Å². The van der Waals surface area contributed by atoms with Gasteiger partial charge in [0.05, 0.1) is 23.0 Å². The smallest absolute Gasteiger partial charge is 0.263 e. The van der Waals surface area contributed by atoms with Gasteiger partial charge in [0, 0.05) is 47.8 Å². The molecule has 3 heterocycles. The Balaban J connectivity index is 1.17. The SMILES string of the molecule is Cc1[nH]c(C2CCN(c3ncnc4c3C=C(c3ccc(C#N)cc3)C4)CC2)nc1-c1ccc(C(F)F)cc1. The lowest BCUT2D eigenvalue weighted by molar-refractivity contribution is 0.151. The topological polar surface area (TPSA) is 81.5 Å². The number of alkyl halides is 2. The minimum atomic E-state index is -2.47. The molecule has 2 aromatic heterocycles. The molecule has 0 unspecified atom stereocenters. The van der Waals surface area contributed by atoms with Gasteiger partial charge in [0.1, 0.15) is 18.0 Å². The second-order valence-corrected chi connectivity index (χ2v) is 9.87. The number of benzene rings is 2. The zero-order valence-corrected chi connectivity index (χ0v) is 21.0. The second kappa shape index (κ2) is 9.82. The van der Waals surface area contributed by atoms with Crippen LogP contribution in [0.1, 0.15) is 64.7 Å². The number of halogens is 2. The number of fused-ring (bicyclic) bond motifs is 1. The number of rotatable bonds is 5. The Hall–Kier alpha value is -4.38. The van der Waals surface area contributed by atoms with E-state index in [0.29, 0.717) is 11.5 Å². The number of piperidine rings is 1. The Bertz CT molecular complexity index is 1540. The van der Waals surface area contributed by atoms with E-state index in [-0.39, 0.29) is 5.56 Å². The Kier molecular flexibility index (Phi) is 6.20. The molecule has 0 bridgehead atoms. The highest BCUT2D eigenvalue weighted by Gasteiger charge is 2.28. The van der Waals surface area contributed by atoms with Crippen molar-refractivity contribution in [1.82, 2.24) is 19.9 Å². The maximum absolute atomic E-state index is 12.9. The molecule has 6 nitrogen and oxygen atoms in total. The van der Waals surface area contributed by atoms with Crippen LogP contribution in [0, 0.1) is 18.3 Å². The molecule has 6 rings (SSSR count). The Morgan fingerprint density at radius 1 is 1.00 bits per heavy atom. The molecule has 2 aliphatic rings. The summed E-state index contributed by atoms with van der Waals surface area (Å²) in [5.74, 6) is 2.21. The van der Waals surface area contributed by atoms with Gasteiger partial charge in [-0.3, -0.25) is 0 Å². The third kappa shape index (κ3) is 4.45. The van der Waals surface area contributed by atoms with Gasteiger partial charge in [0.2, 0.25) is 0 Å². The average molecular weight is 509 g/mol. The molecule has 1 fully saturated rings. The molecule has 0 spiro atoms. The normalized spacial score (nSPS) is 15.4. The maximum atomic E-state index is 12.9. The number of anilines is 1. The van der Waals surface area contributed by atoms with Crippen LogP contribution in [0.2, 0.25) is 0 Å². The van der Waals surface area contributed by atoms with E-state index in [0.717, 1.165) is 77.8 Å². The van der Waals surface area contributed by atoms with E-state index in [2.05, 4.69) is 32.0 Å². The summed E-state index contributed by atoms with van der Waals surface area (Å²) in [5.41, 5.74) is 7.66. The Labute approximate surface area is 219 Å². The summed E-state index contributed by atoms with van der Waals surface area (Å²) in [6.45, 7) is 3.68. The summed E-state index contributed by atoms with van der Waals surface area (Å²) in [6, 6.07) is 16.2. The van der Waals surface area contributed by atoms with Crippen LogP contribution in [0.4, 0.5) is 14.6 Å². The summed E-state index contributed by atoms with van der Waals surface area (Å²) in [7, 11) is 0. The Morgan fingerprint density at radius 3 is 2.39 bits per heavy atom. The first-order valence-corrected chi connectivity index (χ1v) is 12.7. The van der Waals surface area contributed by atoms with Crippen LogP contribution in [-0.2, 0) is 6.42 Å². The molecule has 2 aromatic carbocycles. The number of H-pyrrole nitrogens is 1. The molecule has 0 saturated carbocycles. The molecule has 0 radical (unpaired) electrons. The van der Waals surface area contributed by atoms with E-state index in [1.54, 1.807) is 18.5 Å². The van der Waals surface area contributed by atoms with Crippen molar-refractivity contribution < 1.29 is 8.78 Å². The molecule has 0 atom stereocenters. The van der Waals surface area contributed by atoms with Crippen LogP contribution in [-0.4, -0.2) is 33.0 Å². The van der Waals surface area contributed by atoms with Gasteiger partial charge in [0.15, 0.2) is 0 Å². The molecule has 0 amide bonds. The summed E-state index contributed by atoms with van der Waals surface area (Å²) in [4.78, 5) is 19.8. The fourth-order valence-electron chi connectivity index (χ4n) is 5.42. The monoisotopic (exact) mass is 508 g/mol. The first-order valence-electron chi connectivity index (χ1n) is 12.7. The molecule has 38 heavy (non-hydrogen) atoms. The highest BCUT2D eigenvalue weighted by atomic mass is 19.3. The van der Waals surface area contributed by atoms with E-state index in [1.165, 1.54) is 17.7 Å². The van der Waals surface area contributed by atoms with Crippen LogP contribution in [0.3, 0.4) is 0 Å². The highest BCUT2D eigenvalue weighted by molar-refractivity contribution is 5.91. The van der Waals surface area contributed by atoms with Crippen molar-refractivity contribution in [3.05, 3.63) is 94.3 Å². The van der Waals surface area contributed by atoms with Crippen molar-refractivity contribution in [3.63, 3.8) is 0 Å². The summed E-state index contributed by atoms with van der Waals surface area (Å²) in [5, 5.41) is 9.08. The van der Waals surface area contributed by atoms with Crippen molar-refractivity contribution in [2.45, 2.75) is 38.5 Å². The first-order chi connectivity index (χ1) is 18.5. The number of hydrogen-bond acceptors (Lipinski definition) is 5. The van der Waals surface area contributed by atoms with Gasteiger partial charge in [-0.15, -0.1) is 0 Å². The van der Waals surface area contributed by atoms with Crippen LogP contribution in [0.25, 0.3) is 22.9 Å². The van der Waals surface area contributed by atoms with Crippen LogP contribution < -0.4 is 4.90 Å². The van der Waals surface area contributed by atoms with E-state index in [1.807, 2.05) is 31.2 Å². The van der Waals surface area contributed by atoms with Gasteiger partial charge in [-0.25, -0.2) is 23.7 Å². The third-order valence-electron chi connectivity index (χ3n) is 7.53. The minimum Gasteiger partial charge on any atom is -0.356 e. The predicted molar refractivity (Wildman–Crippen MR) is 143 cm³/mol. The number of nitriles is 1. The largest absolute Gasteiger partial charge is 0.356 e. The summed E-state index contributed by atoms with van der Waals surface area (Å²) in [6.07, 6.45) is 3.97. The van der Waals surface area contributed by atoms with Crippen molar-refractivity contribution in [1.29, 1.82) is 5.26 Å². The molecule has 4 aromatic rings. The van der Waals surface area contributed by atoms with Gasteiger partial charge >= 0.3 is 0 Å². The van der Waals surface area contributed by atoms with Gasteiger partial charge in [-0.2, -0.15) is 5.26 Å². The molecule has 8 heteroatoms. The molecular weight excluding hydrogens is 482 g/mol. The second-order valence-electron chi connectivity index (χ2n) is 9.87. The standard InChI is InChI=1S/C30H26F2N6/c1-18-27(21-6-8-22(9-7-21)28(31)32)37-29(36-18)23-10-12-38(13-11-23)30-25-14-24(15-26(25)34-17-35-30)20-4-2-19(16-33)3-5-20/h2-9,14,17,23,28H,10-13,15H2,1H3,(H,36,37). The van der Waals surface area contributed by atoms with E-state index >= 15 is 0 Å². The third-order valence-corrected chi connectivity index (χ3v) is 7.53. The zero-order valence-electron chi connectivity index (χ0n) is 21.0. The number of imidazole rings is 1. The van der Waals surface area contributed by atoms with Crippen molar-refractivity contribution in [2.75, 3.05) is 18.0 Å². The number of aryl methyl sites for hydroxylation is 1. The van der Waals surface area contributed by atoms with Crippen LogP contribution in [0.5, 0.6) is 0 Å². The van der Waals surface area contributed by atoms with E-state index < -0.39 is 6.43 Å². The fraction of sp³-hybridized carbons (Fsp3) is 0.267. The number of nitrogens with zero attached hydrogens (tertiary/aromatic N) is 5. The number of nitrogens with one attached hydrogen (secondary N) is 1. The minimum absolute atomic E-state index is 0.0182. The quantitative estimate of drug-likeness (QED) is 0.334. The summed E-state index contributed by atoms with van der Waals surface area (Å²) >= 11 is 0. The van der Waals surface area contributed by atoms with Gasteiger partial charge in [0.25, 0.3) is 6.43 Å². The molecule has 1 N–H and O–H groups in total. The number of allylic oxidation sites excluding steroid dienone is 1. The van der Waals surface area contributed by atoms with Crippen molar-refractivity contribution >= 4 is 17.5 Å². The number of aromatic nitrogens is 4. The van der Waals surface area contributed by atoms with Crippen molar-refractivity contribution in [2.24, 2.45) is 0 Å². The average Bonchev–Trinajstić information content (AvgIpc) is 3.57. The highest BCUT2D eigenvalue weighted by Crippen LogP contribution is 2.37. The maximum Gasteiger partial charge on any atom is 0.263 e. The number of aromatic amines is 1. The molecular formula is C30H26F2N6. The van der Waals surface area contributed by atoms with Crippen LogP contribution >= 0.6 is 0 Å². The molecule has 1 aliphatic heterocycles. The molecule has 190 valence electrons. The number of hydrogen-bond donors (Lipinski definition) is 1. The van der Waals surface area contributed by atoms with Gasteiger partial charge < -0.3 is 9.88 Å². The zero-order chi connectivity index (χ0) is 26.2. The van der Waals surface area contributed by atoms with Crippen molar-refractivity contribution in [3.8, 4) is 17.3 Å². The first kappa shape index (κ1) is 24.0. The lowest BCUT2D eigenvalue weighted by Crippen LogP contribution is -2.34. The predicted octanol–water partition coefficient (Wildman–Crippen LogP) is 6.47. The van der Waals surface area contributed by atoms with Crippen LogP contribution in [0.15, 0.2) is 54.9 Å².